The normalized spacial score (nSPS) is 17.5. The summed E-state index contributed by atoms with van der Waals surface area (Å²) in [6, 6.07) is 3.58. The molecule has 2 aromatic heterocycles. The number of amides is 2. The number of hydrogen-bond donors (Lipinski definition) is 1. The third-order valence-electron chi connectivity index (χ3n) is 4.33. The van der Waals surface area contributed by atoms with Crippen LogP contribution in [0.15, 0.2) is 30.0 Å². The molecule has 0 unspecified atom stereocenters. The number of aryl methyl sites for hydroxylation is 1. The minimum Gasteiger partial charge on any atom is -0.324 e. The molecule has 6 nitrogen and oxygen atoms in total. The molecule has 0 aliphatic carbocycles. The molecule has 1 aliphatic rings. The minimum atomic E-state index is -0.0235. The van der Waals surface area contributed by atoms with E-state index in [9.17, 15) is 4.79 Å². The van der Waals surface area contributed by atoms with E-state index in [1.807, 2.05) is 10.4 Å². The van der Waals surface area contributed by atoms with Gasteiger partial charge in [-0.3, -0.25) is 4.98 Å². The smallest absolute Gasteiger partial charge is 0.321 e. The van der Waals surface area contributed by atoms with Crippen LogP contribution in [-0.2, 0) is 6.54 Å². The van der Waals surface area contributed by atoms with E-state index in [1.165, 1.54) is 4.88 Å². The maximum absolute atomic E-state index is 12.3. The van der Waals surface area contributed by atoms with E-state index in [1.54, 1.807) is 35.9 Å². The second kappa shape index (κ2) is 7.72. The van der Waals surface area contributed by atoms with Crippen LogP contribution in [0.3, 0.4) is 0 Å². The zero-order valence-electron chi connectivity index (χ0n) is 14.1. The molecule has 3 rings (SSSR count). The number of likely N-dealkylation sites (tertiary alicyclic amines) is 1. The number of aromatic nitrogens is 2. The maximum atomic E-state index is 12.3. The van der Waals surface area contributed by atoms with Crippen molar-refractivity contribution >= 4 is 23.1 Å². The summed E-state index contributed by atoms with van der Waals surface area (Å²) in [6.45, 7) is 5.60. The molecule has 128 valence electrons. The second-order valence-corrected chi connectivity index (χ2v) is 7.26. The van der Waals surface area contributed by atoms with Gasteiger partial charge in [-0.2, -0.15) is 0 Å². The van der Waals surface area contributed by atoms with Crippen molar-refractivity contribution < 1.29 is 4.79 Å². The quantitative estimate of drug-likeness (QED) is 0.905. The van der Waals surface area contributed by atoms with E-state index in [-0.39, 0.29) is 6.03 Å². The lowest BCUT2D eigenvalue weighted by atomic mass is 10.1. The van der Waals surface area contributed by atoms with Crippen LogP contribution < -0.4 is 5.32 Å². The summed E-state index contributed by atoms with van der Waals surface area (Å²) in [7, 11) is 2.14. The molecular weight excluding hydrogens is 322 g/mol. The van der Waals surface area contributed by atoms with E-state index in [4.69, 9.17) is 0 Å². The van der Waals surface area contributed by atoms with Crippen LogP contribution in [-0.4, -0.2) is 52.5 Å². The summed E-state index contributed by atoms with van der Waals surface area (Å²) in [5.74, 6) is 0.520. The van der Waals surface area contributed by atoms with Crippen molar-refractivity contribution in [1.29, 1.82) is 0 Å². The highest BCUT2D eigenvalue weighted by atomic mass is 32.1. The number of urea groups is 1. The first-order valence-corrected chi connectivity index (χ1v) is 9.03. The molecule has 1 atom stereocenters. The number of carbonyl (C=O) groups excluding carboxylic acids is 1. The lowest BCUT2D eigenvalue weighted by Crippen LogP contribution is -2.34. The second-order valence-electron chi connectivity index (χ2n) is 6.32. The standard InChI is InChI=1S/C17H23N5OS/c1-13-16(24-12-19-13)11-21(2)9-14-5-8-22(10-14)17(23)20-15-3-6-18-7-4-15/h3-4,6-7,12,14H,5,8-11H2,1-2H3,(H,18,20,23)/t14-/m1/s1. The number of nitrogens with zero attached hydrogens (tertiary/aromatic N) is 4. The van der Waals surface area contributed by atoms with Crippen molar-refractivity contribution in [2.24, 2.45) is 5.92 Å². The number of carbonyl (C=O) groups is 1. The summed E-state index contributed by atoms with van der Waals surface area (Å²) in [5.41, 5.74) is 3.81. The zero-order chi connectivity index (χ0) is 16.9. The van der Waals surface area contributed by atoms with Gasteiger partial charge in [0.05, 0.1) is 11.2 Å². The van der Waals surface area contributed by atoms with Crippen LogP contribution in [0, 0.1) is 12.8 Å². The van der Waals surface area contributed by atoms with E-state index in [0.717, 1.165) is 44.0 Å². The van der Waals surface area contributed by atoms with Crippen LogP contribution >= 0.6 is 11.3 Å². The first kappa shape index (κ1) is 16.9. The highest BCUT2D eigenvalue weighted by Gasteiger charge is 2.27. The monoisotopic (exact) mass is 345 g/mol. The van der Waals surface area contributed by atoms with Crippen LogP contribution in [0.5, 0.6) is 0 Å². The SMILES string of the molecule is Cc1ncsc1CN(C)C[C@H]1CCN(C(=O)Nc2ccncc2)C1. The molecule has 1 fully saturated rings. The molecule has 0 aromatic carbocycles. The fourth-order valence-corrected chi connectivity index (χ4v) is 3.89. The van der Waals surface area contributed by atoms with Gasteiger partial charge in [-0.15, -0.1) is 11.3 Å². The van der Waals surface area contributed by atoms with Crippen molar-refractivity contribution in [3.05, 3.63) is 40.6 Å². The molecule has 0 saturated carbocycles. The maximum Gasteiger partial charge on any atom is 0.321 e. The molecule has 7 heteroatoms. The average molecular weight is 345 g/mol. The third-order valence-corrected chi connectivity index (χ3v) is 5.25. The fraction of sp³-hybridized carbons (Fsp3) is 0.471. The summed E-state index contributed by atoms with van der Waals surface area (Å²) >= 11 is 1.71. The van der Waals surface area contributed by atoms with Gasteiger partial charge in [0.15, 0.2) is 0 Å². The summed E-state index contributed by atoms with van der Waals surface area (Å²) < 4.78 is 0. The number of nitrogens with one attached hydrogen (secondary N) is 1. The Balaban J connectivity index is 1.46. The van der Waals surface area contributed by atoms with Crippen LogP contribution in [0.2, 0.25) is 0 Å². The van der Waals surface area contributed by atoms with Gasteiger partial charge in [-0.05, 0) is 38.4 Å². The highest BCUT2D eigenvalue weighted by Crippen LogP contribution is 2.20. The summed E-state index contributed by atoms with van der Waals surface area (Å²) in [4.78, 5) is 26.1. The summed E-state index contributed by atoms with van der Waals surface area (Å²) in [5, 5.41) is 2.93. The Morgan fingerprint density at radius 1 is 1.46 bits per heavy atom. The highest BCUT2D eigenvalue weighted by molar-refractivity contribution is 7.09. The fourth-order valence-electron chi connectivity index (χ4n) is 3.03. The molecule has 1 saturated heterocycles. The van der Waals surface area contributed by atoms with E-state index in [0.29, 0.717) is 5.92 Å². The molecule has 0 radical (unpaired) electrons. The Labute approximate surface area is 146 Å². The largest absolute Gasteiger partial charge is 0.324 e. The average Bonchev–Trinajstić information content (AvgIpc) is 3.18. The zero-order valence-corrected chi connectivity index (χ0v) is 14.9. The van der Waals surface area contributed by atoms with Gasteiger partial charge in [-0.1, -0.05) is 0 Å². The number of anilines is 1. The van der Waals surface area contributed by atoms with E-state index in [2.05, 4.69) is 34.2 Å². The van der Waals surface area contributed by atoms with Crippen molar-refractivity contribution in [3.8, 4) is 0 Å². The molecular formula is C17H23N5OS. The number of pyridine rings is 1. The third kappa shape index (κ3) is 4.30. The van der Waals surface area contributed by atoms with Gasteiger partial charge in [-0.25, -0.2) is 9.78 Å². The molecule has 0 bridgehead atoms. The first-order chi connectivity index (χ1) is 11.6. The van der Waals surface area contributed by atoms with Crippen molar-refractivity contribution in [3.63, 3.8) is 0 Å². The van der Waals surface area contributed by atoms with Gasteiger partial charge in [0.25, 0.3) is 0 Å². The molecule has 1 N–H and O–H groups in total. The molecule has 24 heavy (non-hydrogen) atoms. The molecule has 1 aliphatic heterocycles. The predicted molar refractivity (Wildman–Crippen MR) is 96.1 cm³/mol. The minimum absolute atomic E-state index is 0.0235. The van der Waals surface area contributed by atoms with E-state index >= 15 is 0 Å². The van der Waals surface area contributed by atoms with Gasteiger partial charge in [0.1, 0.15) is 0 Å². The van der Waals surface area contributed by atoms with Gasteiger partial charge >= 0.3 is 6.03 Å². The molecule has 2 amide bonds. The number of hydrogen-bond acceptors (Lipinski definition) is 5. The number of thiazole rings is 1. The van der Waals surface area contributed by atoms with Crippen LogP contribution in [0.4, 0.5) is 10.5 Å². The van der Waals surface area contributed by atoms with Crippen LogP contribution in [0.25, 0.3) is 0 Å². The molecule has 0 spiro atoms. The van der Waals surface area contributed by atoms with Crippen molar-refractivity contribution in [2.75, 3.05) is 32.0 Å². The van der Waals surface area contributed by atoms with Gasteiger partial charge in [0.2, 0.25) is 0 Å². The van der Waals surface area contributed by atoms with Crippen molar-refractivity contribution in [2.45, 2.75) is 19.9 Å². The number of rotatable bonds is 5. The lowest BCUT2D eigenvalue weighted by molar-refractivity contribution is 0.217. The Kier molecular flexibility index (Phi) is 5.42. The Morgan fingerprint density at radius 2 is 2.25 bits per heavy atom. The molecule has 3 heterocycles. The predicted octanol–water partition coefficient (Wildman–Crippen LogP) is 2.83. The van der Waals surface area contributed by atoms with Crippen LogP contribution in [0.1, 0.15) is 17.0 Å². The topological polar surface area (TPSA) is 61.4 Å². The van der Waals surface area contributed by atoms with Crippen molar-refractivity contribution in [1.82, 2.24) is 19.8 Å². The first-order valence-electron chi connectivity index (χ1n) is 8.15. The van der Waals surface area contributed by atoms with E-state index < -0.39 is 0 Å². The Morgan fingerprint density at radius 3 is 2.96 bits per heavy atom. The molecule has 2 aromatic rings. The Hall–Kier alpha value is -1.99. The summed E-state index contributed by atoms with van der Waals surface area (Å²) in [6.07, 6.45) is 4.41. The lowest BCUT2D eigenvalue weighted by Gasteiger charge is -2.21. The van der Waals surface area contributed by atoms with Gasteiger partial charge < -0.3 is 15.1 Å². The Bertz CT molecular complexity index is 675. The van der Waals surface area contributed by atoms with Gasteiger partial charge in [0, 0.05) is 49.1 Å².